The minimum Gasteiger partial charge on any atom is -0.362 e. The second-order valence-corrected chi connectivity index (χ2v) is 4.86. The summed E-state index contributed by atoms with van der Waals surface area (Å²) in [4.78, 5) is 11.7. The van der Waals surface area contributed by atoms with Crippen molar-refractivity contribution in [2.75, 3.05) is 18.0 Å². The minimum atomic E-state index is -1.18. The highest BCUT2D eigenvalue weighted by molar-refractivity contribution is 5.64. The molecule has 0 saturated carbocycles. The number of nitro groups is 1. The molecule has 5 nitrogen and oxygen atoms in total. The Labute approximate surface area is 109 Å². The molecule has 19 heavy (non-hydrogen) atoms. The maximum Gasteiger partial charge on any atom is 0.295 e. The van der Waals surface area contributed by atoms with Crippen molar-refractivity contribution in [1.29, 1.82) is 0 Å². The third kappa shape index (κ3) is 2.51. The molecule has 2 unspecified atom stereocenters. The first kappa shape index (κ1) is 13.7. The lowest BCUT2D eigenvalue weighted by Gasteiger charge is -2.36. The molecule has 1 heterocycles. The van der Waals surface area contributed by atoms with Gasteiger partial charge in [0.1, 0.15) is 0 Å². The average Bonchev–Trinajstić information content (AvgIpc) is 2.35. The Kier molecular flexibility index (Phi) is 3.66. The second-order valence-electron chi connectivity index (χ2n) is 4.86. The Bertz CT molecular complexity index is 510. The van der Waals surface area contributed by atoms with Crippen molar-refractivity contribution >= 4 is 11.4 Å². The van der Waals surface area contributed by atoms with E-state index in [1.54, 1.807) is 0 Å². The van der Waals surface area contributed by atoms with Gasteiger partial charge in [-0.15, -0.1) is 0 Å². The molecule has 1 saturated heterocycles. The summed E-state index contributed by atoms with van der Waals surface area (Å²) in [6, 6.07) is 1.54. The number of piperidine rings is 1. The van der Waals surface area contributed by atoms with Gasteiger partial charge >= 0.3 is 0 Å². The van der Waals surface area contributed by atoms with Gasteiger partial charge < -0.3 is 10.6 Å². The Balaban J connectivity index is 2.43. The third-order valence-electron chi connectivity index (χ3n) is 3.58. The topological polar surface area (TPSA) is 72.4 Å². The Morgan fingerprint density at radius 2 is 2.16 bits per heavy atom. The molecular formula is C12H15F2N3O2. The van der Waals surface area contributed by atoms with E-state index in [2.05, 4.69) is 0 Å². The zero-order valence-electron chi connectivity index (χ0n) is 10.5. The van der Waals surface area contributed by atoms with Crippen LogP contribution in [0.3, 0.4) is 0 Å². The van der Waals surface area contributed by atoms with Gasteiger partial charge in [-0.3, -0.25) is 10.1 Å². The molecule has 7 heteroatoms. The zero-order chi connectivity index (χ0) is 14.2. The highest BCUT2D eigenvalue weighted by atomic mass is 19.2. The normalized spacial score (nSPS) is 23.5. The Morgan fingerprint density at radius 3 is 2.74 bits per heavy atom. The van der Waals surface area contributed by atoms with Crippen molar-refractivity contribution in [3.8, 4) is 0 Å². The lowest BCUT2D eigenvalue weighted by molar-refractivity contribution is -0.384. The van der Waals surface area contributed by atoms with E-state index in [1.165, 1.54) is 4.90 Å². The maximum atomic E-state index is 13.9. The van der Waals surface area contributed by atoms with Gasteiger partial charge in [0.2, 0.25) is 0 Å². The highest BCUT2D eigenvalue weighted by Gasteiger charge is 2.31. The lowest BCUT2D eigenvalue weighted by Crippen LogP contribution is -2.48. The van der Waals surface area contributed by atoms with Crippen molar-refractivity contribution < 1.29 is 13.7 Å². The predicted octanol–water partition coefficient (Wildman–Crippen LogP) is 2.05. The molecule has 0 radical (unpaired) electrons. The molecule has 1 fully saturated rings. The summed E-state index contributed by atoms with van der Waals surface area (Å²) in [7, 11) is 0. The van der Waals surface area contributed by atoms with Crippen LogP contribution >= 0.6 is 0 Å². The first-order chi connectivity index (χ1) is 8.91. The van der Waals surface area contributed by atoms with E-state index in [-0.39, 0.29) is 24.2 Å². The van der Waals surface area contributed by atoms with Gasteiger partial charge in [0.05, 0.1) is 4.92 Å². The van der Waals surface area contributed by atoms with Crippen molar-refractivity contribution in [3.63, 3.8) is 0 Å². The van der Waals surface area contributed by atoms with Crippen molar-refractivity contribution in [2.45, 2.75) is 19.4 Å². The molecular weight excluding hydrogens is 256 g/mol. The van der Waals surface area contributed by atoms with Crippen LogP contribution in [0.2, 0.25) is 0 Å². The SMILES string of the molecule is CC1CCN(c2c([N+](=O)[O-])ccc(F)c2F)CC1N. The van der Waals surface area contributed by atoms with Crippen molar-refractivity contribution in [2.24, 2.45) is 11.7 Å². The van der Waals surface area contributed by atoms with E-state index in [0.717, 1.165) is 12.1 Å². The number of benzene rings is 1. The van der Waals surface area contributed by atoms with E-state index in [1.807, 2.05) is 6.92 Å². The zero-order valence-corrected chi connectivity index (χ0v) is 10.5. The first-order valence-corrected chi connectivity index (χ1v) is 6.04. The van der Waals surface area contributed by atoms with Gasteiger partial charge in [-0.05, 0) is 18.4 Å². The van der Waals surface area contributed by atoms with Gasteiger partial charge in [0.25, 0.3) is 5.69 Å². The van der Waals surface area contributed by atoms with Crippen molar-refractivity contribution in [1.82, 2.24) is 0 Å². The second kappa shape index (κ2) is 5.08. The molecule has 1 aromatic carbocycles. The average molecular weight is 271 g/mol. The van der Waals surface area contributed by atoms with Gasteiger partial charge in [-0.1, -0.05) is 6.92 Å². The van der Waals surface area contributed by atoms with Crippen LogP contribution in [0.1, 0.15) is 13.3 Å². The van der Waals surface area contributed by atoms with Crippen LogP contribution in [-0.4, -0.2) is 24.1 Å². The molecule has 2 rings (SSSR count). The van der Waals surface area contributed by atoms with Crippen LogP contribution in [0.25, 0.3) is 0 Å². The summed E-state index contributed by atoms with van der Waals surface area (Å²) < 4.78 is 27.2. The van der Waals surface area contributed by atoms with Crippen LogP contribution in [0.4, 0.5) is 20.2 Å². The standard InChI is InChI=1S/C12H15F2N3O2/c1-7-4-5-16(6-9(7)15)12-10(17(18)19)3-2-8(13)11(12)14/h2-3,7,9H,4-6,15H2,1H3. The van der Waals surface area contributed by atoms with E-state index >= 15 is 0 Å². The van der Waals surface area contributed by atoms with E-state index < -0.39 is 22.2 Å². The summed E-state index contributed by atoms with van der Waals surface area (Å²) in [5.74, 6) is -2.02. The molecule has 0 amide bonds. The Hall–Kier alpha value is -1.76. The molecule has 1 aromatic rings. The molecule has 0 spiro atoms. The summed E-state index contributed by atoms with van der Waals surface area (Å²) in [5.41, 5.74) is 5.16. The summed E-state index contributed by atoms with van der Waals surface area (Å²) in [5, 5.41) is 10.9. The summed E-state index contributed by atoms with van der Waals surface area (Å²) >= 11 is 0. The molecule has 0 bridgehead atoms. The number of nitro benzene ring substituents is 1. The number of nitrogens with zero attached hydrogens (tertiary/aromatic N) is 2. The third-order valence-corrected chi connectivity index (χ3v) is 3.58. The van der Waals surface area contributed by atoms with Crippen LogP contribution in [0.5, 0.6) is 0 Å². The lowest BCUT2D eigenvalue weighted by atomic mass is 9.94. The van der Waals surface area contributed by atoms with Gasteiger partial charge in [0.15, 0.2) is 17.3 Å². The molecule has 2 N–H and O–H groups in total. The van der Waals surface area contributed by atoms with Crippen LogP contribution in [0.15, 0.2) is 12.1 Å². The van der Waals surface area contributed by atoms with Crippen LogP contribution in [0, 0.1) is 27.7 Å². The number of anilines is 1. The fourth-order valence-electron chi connectivity index (χ4n) is 2.28. The number of nitrogens with two attached hydrogens (primary N) is 1. The largest absolute Gasteiger partial charge is 0.362 e. The highest BCUT2D eigenvalue weighted by Crippen LogP contribution is 2.34. The first-order valence-electron chi connectivity index (χ1n) is 6.04. The molecule has 1 aliphatic rings. The monoisotopic (exact) mass is 271 g/mol. The number of hydrogen-bond donors (Lipinski definition) is 1. The number of hydrogen-bond acceptors (Lipinski definition) is 4. The summed E-state index contributed by atoms with van der Waals surface area (Å²) in [6.45, 7) is 2.68. The smallest absolute Gasteiger partial charge is 0.295 e. The fourth-order valence-corrected chi connectivity index (χ4v) is 2.28. The number of rotatable bonds is 2. The molecule has 1 aliphatic heterocycles. The van der Waals surface area contributed by atoms with Gasteiger partial charge in [0, 0.05) is 25.2 Å². The minimum absolute atomic E-state index is 0.212. The van der Waals surface area contributed by atoms with Crippen molar-refractivity contribution in [3.05, 3.63) is 33.9 Å². The van der Waals surface area contributed by atoms with E-state index in [0.29, 0.717) is 13.0 Å². The van der Waals surface area contributed by atoms with E-state index in [4.69, 9.17) is 5.73 Å². The predicted molar refractivity (Wildman–Crippen MR) is 67.0 cm³/mol. The molecule has 2 atom stereocenters. The van der Waals surface area contributed by atoms with Crippen LogP contribution < -0.4 is 10.6 Å². The number of halogens is 2. The van der Waals surface area contributed by atoms with Gasteiger partial charge in [-0.25, -0.2) is 8.78 Å². The van der Waals surface area contributed by atoms with Crippen LogP contribution in [-0.2, 0) is 0 Å². The van der Waals surface area contributed by atoms with E-state index in [9.17, 15) is 18.9 Å². The molecule has 104 valence electrons. The maximum absolute atomic E-state index is 13.9. The molecule has 0 aliphatic carbocycles. The fraction of sp³-hybridized carbons (Fsp3) is 0.500. The quantitative estimate of drug-likeness (QED) is 0.660. The molecule has 0 aromatic heterocycles. The Morgan fingerprint density at radius 1 is 1.47 bits per heavy atom. The summed E-state index contributed by atoms with van der Waals surface area (Å²) in [6.07, 6.45) is 0.689. The van der Waals surface area contributed by atoms with Gasteiger partial charge in [-0.2, -0.15) is 0 Å².